The SMILES string of the molecule is COCc1ccc(C(=O)N(C)CCCC(=O)O)o1. The van der Waals surface area contributed by atoms with Crippen LogP contribution in [-0.4, -0.2) is 42.6 Å². The van der Waals surface area contributed by atoms with Crippen LogP contribution in [0.3, 0.4) is 0 Å². The predicted octanol–water partition coefficient (Wildman–Crippen LogP) is 1.36. The van der Waals surface area contributed by atoms with Gasteiger partial charge in [0.25, 0.3) is 5.91 Å². The Kier molecular flexibility index (Phi) is 5.38. The van der Waals surface area contributed by atoms with E-state index in [1.165, 1.54) is 4.90 Å². The Balaban J connectivity index is 2.48. The molecule has 1 aromatic rings. The molecule has 0 aliphatic rings. The van der Waals surface area contributed by atoms with Gasteiger partial charge in [-0.25, -0.2) is 0 Å². The molecule has 0 atom stereocenters. The van der Waals surface area contributed by atoms with Crippen molar-refractivity contribution in [2.45, 2.75) is 19.4 Å². The third-order valence-corrected chi connectivity index (χ3v) is 2.39. The number of carbonyl (C=O) groups is 2. The lowest BCUT2D eigenvalue weighted by Crippen LogP contribution is -2.27. The first-order chi connectivity index (χ1) is 8.54. The van der Waals surface area contributed by atoms with E-state index in [9.17, 15) is 9.59 Å². The molecule has 1 rings (SSSR count). The van der Waals surface area contributed by atoms with E-state index in [-0.39, 0.29) is 18.1 Å². The molecule has 1 aromatic heterocycles. The number of carboxylic acid groups (broad SMARTS) is 1. The highest BCUT2D eigenvalue weighted by molar-refractivity contribution is 5.91. The minimum absolute atomic E-state index is 0.0463. The average molecular weight is 255 g/mol. The van der Waals surface area contributed by atoms with Crippen molar-refractivity contribution in [1.29, 1.82) is 0 Å². The Morgan fingerprint density at radius 3 is 2.78 bits per heavy atom. The van der Waals surface area contributed by atoms with Gasteiger partial charge in [0.05, 0.1) is 0 Å². The molecule has 0 unspecified atom stereocenters. The summed E-state index contributed by atoms with van der Waals surface area (Å²) in [4.78, 5) is 23.7. The van der Waals surface area contributed by atoms with Crippen LogP contribution in [0.2, 0.25) is 0 Å². The maximum Gasteiger partial charge on any atom is 0.303 e. The average Bonchev–Trinajstić information content (AvgIpc) is 2.76. The van der Waals surface area contributed by atoms with Crippen molar-refractivity contribution in [3.8, 4) is 0 Å². The summed E-state index contributed by atoms with van der Waals surface area (Å²) in [5.41, 5.74) is 0. The summed E-state index contributed by atoms with van der Waals surface area (Å²) in [6, 6.07) is 3.27. The molecule has 0 saturated heterocycles. The van der Waals surface area contributed by atoms with Gasteiger partial charge in [-0.2, -0.15) is 0 Å². The lowest BCUT2D eigenvalue weighted by molar-refractivity contribution is -0.137. The summed E-state index contributed by atoms with van der Waals surface area (Å²) in [7, 11) is 3.16. The molecule has 6 nitrogen and oxygen atoms in total. The monoisotopic (exact) mass is 255 g/mol. The number of methoxy groups -OCH3 is 1. The number of nitrogens with zero attached hydrogens (tertiary/aromatic N) is 1. The quantitative estimate of drug-likeness (QED) is 0.795. The standard InChI is InChI=1S/C12H17NO5/c1-13(7-3-4-11(14)15)12(16)10-6-5-9(18-10)8-17-2/h5-6H,3-4,7-8H2,1-2H3,(H,14,15). The molecule has 6 heteroatoms. The van der Waals surface area contributed by atoms with E-state index < -0.39 is 5.97 Å². The summed E-state index contributed by atoms with van der Waals surface area (Å²) in [5.74, 6) is -0.307. The number of ether oxygens (including phenoxy) is 1. The van der Waals surface area contributed by atoms with Crippen LogP contribution in [0.15, 0.2) is 16.5 Å². The van der Waals surface area contributed by atoms with E-state index in [0.717, 1.165) is 0 Å². The van der Waals surface area contributed by atoms with Gasteiger partial charge in [-0.05, 0) is 18.6 Å². The Labute approximate surface area is 105 Å². The van der Waals surface area contributed by atoms with E-state index in [2.05, 4.69) is 0 Å². The second-order valence-corrected chi connectivity index (χ2v) is 3.92. The van der Waals surface area contributed by atoms with Crippen LogP contribution in [0.25, 0.3) is 0 Å². The summed E-state index contributed by atoms with van der Waals surface area (Å²) in [6.07, 6.45) is 0.466. The van der Waals surface area contributed by atoms with Gasteiger partial charge in [0.15, 0.2) is 5.76 Å². The van der Waals surface area contributed by atoms with E-state index in [1.54, 1.807) is 26.3 Å². The van der Waals surface area contributed by atoms with E-state index in [1.807, 2.05) is 0 Å². The van der Waals surface area contributed by atoms with Crippen LogP contribution in [-0.2, 0) is 16.1 Å². The topological polar surface area (TPSA) is 80.0 Å². The van der Waals surface area contributed by atoms with Gasteiger partial charge in [0.1, 0.15) is 12.4 Å². The summed E-state index contributed by atoms with van der Waals surface area (Å²) in [6.45, 7) is 0.696. The Morgan fingerprint density at radius 2 is 2.17 bits per heavy atom. The van der Waals surface area contributed by atoms with E-state index in [4.69, 9.17) is 14.3 Å². The van der Waals surface area contributed by atoms with Gasteiger partial charge >= 0.3 is 5.97 Å². The number of amides is 1. The molecule has 0 aromatic carbocycles. The number of carbonyl (C=O) groups excluding carboxylic acids is 1. The predicted molar refractivity (Wildman–Crippen MR) is 63.3 cm³/mol. The first-order valence-corrected chi connectivity index (χ1v) is 5.59. The van der Waals surface area contributed by atoms with Gasteiger partial charge in [0.2, 0.25) is 0 Å². The lowest BCUT2D eigenvalue weighted by atomic mass is 10.3. The molecular formula is C12H17NO5. The molecule has 1 heterocycles. The van der Waals surface area contributed by atoms with Crippen LogP contribution >= 0.6 is 0 Å². The van der Waals surface area contributed by atoms with Crippen LogP contribution in [0.4, 0.5) is 0 Å². The van der Waals surface area contributed by atoms with Gasteiger partial charge in [-0.1, -0.05) is 0 Å². The maximum atomic E-state index is 11.9. The number of hydrogen-bond donors (Lipinski definition) is 1. The third-order valence-electron chi connectivity index (χ3n) is 2.39. The third kappa shape index (κ3) is 4.21. The minimum atomic E-state index is -0.865. The molecule has 0 saturated carbocycles. The summed E-state index contributed by atoms with van der Waals surface area (Å²) in [5, 5.41) is 8.51. The highest BCUT2D eigenvalue weighted by atomic mass is 16.5. The van der Waals surface area contributed by atoms with Gasteiger partial charge in [-0.15, -0.1) is 0 Å². The molecule has 100 valence electrons. The van der Waals surface area contributed by atoms with Crippen LogP contribution < -0.4 is 0 Å². The normalized spacial score (nSPS) is 10.3. The van der Waals surface area contributed by atoms with E-state index >= 15 is 0 Å². The fourth-order valence-electron chi connectivity index (χ4n) is 1.47. The molecular weight excluding hydrogens is 238 g/mol. The van der Waals surface area contributed by atoms with Crippen LogP contribution in [0.1, 0.15) is 29.2 Å². The summed E-state index contributed by atoms with van der Waals surface area (Å²) < 4.78 is 10.2. The number of furan rings is 1. The second-order valence-electron chi connectivity index (χ2n) is 3.92. The molecule has 1 amide bonds. The van der Waals surface area contributed by atoms with Crippen molar-refractivity contribution in [1.82, 2.24) is 4.90 Å². The number of carboxylic acids is 1. The Bertz CT molecular complexity index is 412. The van der Waals surface area contributed by atoms with Crippen LogP contribution in [0.5, 0.6) is 0 Å². The van der Waals surface area contributed by atoms with E-state index in [0.29, 0.717) is 25.3 Å². The molecule has 0 radical (unpaired) electrons. The number of hydrogen-bond acceptors (Lipinski definition) is 4. The van der Waals surface area contributed by atoms with Crippen molar-refractivity contribution in [2.75, 3.05) is 20.7 Å². The zero-order valence-electron chi connectivity index (χ0n) is 10.5. The van der Waals surface area contributed by atoms with Gasteiger partial charge in [-0.3, -0.25) is 9.59 Å². The largest absolute Gasteiger partial charge is 0.481 e. The molecule has 0 bridgehead atoms. The van der Waals surface area contributed by atoms with Gasteiger partial charge < -0.3 is 19.2 Å². The number of aliphatic carboxylic acids is 1. The molecule has 0 fully saturated rings. The van der Waals surface area contributed by atoms with Crippen molar-refractivity contribution in [2.24, 2.45) is 0 Å². The first kappa shape index (κ1) is 14.2. The Hall–Kier alpha value is -1.82. The highest BCUT2D eigenvalue weighted by Gasteiger charge is 2.15. The molecule has 0 spiro atoms. The fourth-order valence-corrected chi connectivity index (χ4v) is 1.47. The molecule has 0 aliphatic carbocycles. The second kappa shape index (κ2) is 6.80. The van der Waals surface area contributed by atoms with Crippen LogP contribution in [0, 0.1) is 0 Å². The molecule has 18 heavy (non-hydrogen) atoms. The lowest BCUT2D eigenvalue weighted by Gasteiger charge is -2.14. The smallest absolute Gasteiger partial charge is 0.303 e. The van der Waals surface area contributed by atoms with Crippen molar-refractivity contribution in [3.05, 3.63) is 23.7 Å². The zero-order chi connectivity index (χ0) is 13.5. The molecule has 0 aliphatic heterocycles. The van der Waals surface area contributed by atoms with Crippen molar-refractivity contribution < 1.29 is 23.8 Å². The first-order valence-electron chi connectivity index (χ1n) is 5.59. The van der Waals surface area contributed by atoms with Crippen molar-refractivity contribution >= 4 is 11.9 Å². The fraction of sp³-hybridized carbons (Fsp3) is 0.500. The highest BCUT2D eigenvalue weighted by Crippen LogP contribution is 2.11. The maximum absolute atomic E-state index is 11.9. The summed E-state index contributed by atoms with van der Waals surface area (Å²) >= 11 is 0. The number of rotatable bonds is 7. The Morgan fingerprint density at radius 1 is 1.44 bits per heavy atom. The molecule has 1 N–H and O–H groups in total. The van der Waals surface area contributed by atoms with Gasteiger partial charge in [0, 0.05) is 27.1 Å². The zero-order valence-corrected chi connectivity index (χ0v) is 10.5. The minimum Gasteiger partial charge on any atom is -0.481 e. The van der Waals surface area contributed by atoms with Crippen molar-refractivity contribution in [3.63, 3.8) is 0 Å².